The minimum atomic E-state index is -1.02. The lowest BCUT2D eigenvalue weighted by molar-refractivity contribution is -0.128. The summed E-state index contributed by atoms with van der Waals surface area (Å²) >= 11 is 8.81. The van der Waals surface area contributed by atoms with Crippen molar-refractivity contribution in [3.8, 4) is 0 Å². The van der Waals surface area contributed by atoms with E-state index in [1.807, 2.05) is 29.2 Å². The lowest BCUT2D eigenvalue weighted by atomic mass is 10.2. The molecule has 0 bridgehead atoms. The van der Waals surface area contributed by atoms with E-state index in [0.29, 0.717) is 25.3 Å². The Bertz CT molecular complexity index is 815. The Hall–Kier alpha value is -1.61. The summed E-state index contributed by atoms with van der Waals surface area (Å²) in [5.41, 5.74) is 1.19. The van der Waals surface area contributed by atoms with Crippen molar-refractivity contribution in [2.75, 3.05) is 18.8 Å². The molecule has 2 aromatic rings. The van der Waals surface area contributed by atoms with Crippen LogP contribution in [0.25, 0.3) is 0 Å². The third-order valence-electron chi connectivity index (χ3n) is 4.31. The van der Waals surface area contributed by atoms with E-state index in [4.69, 9.17) is 16.7 Å². The van der Waals surface area contributed by atoms with Crippen molar-refractivity contribution in [2.45, 2.75) is 29.8 Å². The average molecular weight is 426 g/mol. The molecular formula is C18H20ClN3O3S2. The molecule has 1 fully saturated rings. The summed E-state index contributed by atoms with van der Waals surface area (Å²) in [6.07, 6.45) is 1.43. The minimum absolute atomic E-state index is 0.0721. The van der Waals surface area contributed by atoms with Gasteiger partial charge in [-0.1, -0.05) is 35.5 Å². The number of likely N-dealkylation sites (tertiary alicyclic amines) is 1. The molecule has 1 unspecified atom stereocenters. The molecule has 0 radical (unpaired) electrons. The van der Waals surface area contributed by atoms with E-state index < -0.39 is 5.97 Å². The zero-order valence-corrected chi connectivity index (χ0v) is 16.9. The predicted molar refractivity (Wildman–Crippen MR) is 108 cm³/mol. The fraction of sp³-hybridized carbons (Fsp3) is 0.389. The maximum Gasteiger partial charge on any atom is 0.355 e. The number of carboxylic acids is 1. The number of thiazole rings is 1. The molecule has 0 saturated carbocycles. The molecule has 144 valence electrons. The van der Waals surface area contributed by atoms with Gasteiger partial charge in [0.2, 0.25) is 5.91 Å². The van der Waals surface area contributed by atoms with Gasteiger partial charge in [0, 0.05) is 48.3 Å². The summed E-state index contributed by atoms with van der Waals surface area (Å²) in [4.78, 5) is 29.0. The van der Waals surface area contributed by atoms with Crippen LogP contribution in [0, 0.1) is 0 Å². The molecular weight excluding hydrogens is 406 g/mol. The number of halogens is 1. The number of nitrogens with zero attached hydrogens (tertiary/aromatic N) is 2. The van der Waals surface area contributed by atoms with Gasteiger partial charge in [-0.3, -0.25) is 4.79 Å². The number of nitrogens with one attached hydrogen (secondary N) is 1. The smallest absolute Gasteiger partial charge is 0.355 e. The van der Waals surface area contributed by atoms with Crippen molar-refractivity contribution >= 4 is 46.6 Å². The highest BCUT2D eigenvalue weighted by Gasteiger charge is 2.30. The number of hydrogen-bond acceptors (Lipinski definition) is 6. The molecule has 27 heavy (non-hydrogen) atoms. The number of benzene rings is 1. The number of rotatable bonds is 9. The number of carbonyl (C=O) groups excluding carboxylic acids is 1. The highest BCUT2D eigenvalue weighted by molar-refractivity contribution is 8.01. The lowest BCUT2D eigenvalue weighted by Gasteiger charge is -2.25. The van der Waals surface area contributed by atoms with Crippen molar-refractivity contribution in [1.82, 2.24) is 15.2 Å². The first-order valence-corrected chi connectivity index (χ1v) is 10.8. The van der Waals surface area contributed by atoms with Gasteiger partial charge in [0.15, 0.2) is 10.0 Å². The zero-order chi connectivity index (χ0) is 19.2. The molecule has 0 aliphatic carbocycles. The van der Waals surface area contributed by atoms with Crippen LogP contribution < -0.4 is 5.32 Å². The first-order chi connectivity index (χ1) is 13.0. The standard InChI is InChI=1S/C18H20ClN3O3S2/c19-13-3-1-2-12(8-13)9-20-10-14-4-5-16(23)22(14)6-7-26-18-21-15(11-27-18)17(24)25/h1-3,8,11,14,20H,4-7,9-10H2,(H,24,25). The Morgan fingerprint density at radius 3 is 3.07 bits per heavy atom. The van der Waals surface area contributed by atoms with Gasteiger partial charge in [-0.2, -0.15) is 0 Å². The molecule has 0 spiro atoms. The van der Waals surface area contributed by atoms with Gasteiger partial charge >= 0.3 is 5.97 Å². The average Bonchev–Trinajstić information content (AvgIpc) is 3.24. The van der Waals surface area contributed by atoms with Gasteiger partial charge in [0.1, 0.15) is 0 Å². The van der Waals surface area contributed by atoms with Crippen LogP contribution in [0.4, 0.5) is 0 Å². The summed E-state index contributed by atoms with van der Waals surface area (Å²) in [6.45, 7) is 2.09. The van der Waals surface area contributed by atoms with E-state index in [1.165, 1.54) is 28.5 Å². The topological polar surface area (TPSA) is 82.5 Å². The second kappa shape index (κ2) is 9.54. The van der Waals surface area contributed by atoms with Crippen LogP contribution in [0.15, 0.2) is 34.0 Å². The number of carboxylic acid groups (broad SMARTS) is 1. The maximum absolute atomic E-state index is 12.2. The van der Waals surface area contributed by atoms with E-state index in [2.05, 4.69) is 10.3 Å². The second-order valence-electron chi connectivity index (χ2n) is 6.19. The molecule has 2 N–H and O–H groups in total. The zero-order valence-electron chi connectivity index (χ0n) is 14.6. The number of aromatic carboxylic acids is 1. The van der Waals surface area contributed by atoms with Crippen LogP contribution >= 0.6 is 34.7 Å². The van der Waals surface area contributed by atoms with Crippen LogP contribution in [0.2, 0.25) is 5.02 Å². The Morgan fingerprint density at radius 1 is 1.48 bits per heavy atom. The Labute approximate surface area is 170 Å². The Morgan fingerprint density at radius 2 is 2.33 bits per heavy atom. The van der Waals surface area contributed by atoms with Crippen LogP contribution in [-0.2, 0) is 11.3 Å². The Balaban J connectivity index is 1.45. The van der Waals surface area contributed by atoms with Gasteiger partial charge < -0.3 is 15.3 Å². The number of hydrogen-bond donors (Lipinski definition) is 2. The van der Waals surface area contributed by atoms with E-state index >= 15 is 0 Å². The SMILES string of the molecule is O=C(O)c1csc(SCCN2C(=O)CCC2CNCc2cccc(Cl)c2)n1. The van der Waals surface area contributed by atoms with Crippen LogP contribution in [0.1, 0.15) is 28.9 Å². The van der Waals surface area contributed by atoms with E-state index in [-0.39, 0.29) is 17.6 Å². The van der Waals surface area contributed by atoms with Crippen LogP contribution in [0.5, 0.6) is 0 Å². The van der Waals surface area contributed by atoms with Crippen LogP contribution in [-0.4, -0.2) is 51.8 Å². The highest BCUT2D eigenvalue weighted by Crippen LogP contribution is 2.25. The monoisotopic (exact) mass is 425 g/mol. The van der Waals surface area contributed by atoms with E-state index in [1.54, 1.807) is 0 Å². The molecule has 1 amide bonds. The van der Waals surface area contributed by atoms with Gasteiger partial charge in [-0.15, -0.1) is 11.3 Å². The fourth-order valence-electron chi connectivity index (χ4n) is 3.00. The van der Waals surface area contributed by atoms with Crippen molar-refractivity contribution in [1.29, 1.82) is 0 Å². The summed E-state index contributed by atoms with van der Waals surface area (Å²) in [5, 5.41) is 14.6. The first-order valence-electron chi connectivity index (χ1n) is 8.59. The van der Waals surface area contributed by atoms with Crippen molar-refractivity contribution in [3.05, 3.63) is 45.9 Å². The van der Waals surface area contributed by atoms with Crippen molar-refractivity contribution < 1.29 is 14.7 Å². The molecule has 1 aromatic heterocycles. The molecule has 1 saturated heterocycles. The molecule has 1 aliphatic rings. The normalized spacial score (nSPS) is 16.9. The highest BCUT2D eigenvalue weighted by atomic mass is 35.5. The minimum Gasteiger partial charge on any atom is -0.476 e. The molecule has 1 aliphatic heterocycles. The number of aromatic nitrogens is 1. The first kappa shape index (κ1) is 20.1. The third-order valence-corrected chi connectivity index (χ3v) is 6.55. The number of carbonyl (C=O) groups is 2. The molecule has 1 aromatic carbocycles. The predicted octanol–water partition coefficient (Wildman–Crippen LogP) is 3.37. The van der Waals surface area contributed by atoms with Crippen molar-refractivity contribution in [2.24, 2.45) is 0 Å². The summed E-state index contributed by atoms with van der Waals surface area (Å²) < 4.78 is 0.717. The second-order valence-corrected chi connectivity index (χ2v) is 8.83. The lowest BCUT2D eigenvalue weighted by Crippen LogP contribution is -2.41. The van der Waals surface area contributed by atoms with Crippen LogP contribution in [0.3, 0.4) is 0 Å². The quantitative estimate of drug-likeness (QED) is 0.599. The molecule has 2 heterocycles. The maximum atomic E-state index is 12.2. The third kappa shape index (κ3) is 5.68. The largest absolute Gasteiger partial charge is 0.476 e. The van der Waals surface area contributed by atoms with E-state index in [0.717, 1.165) is 27.9 Å². The summed E-state index contributed by atoms with van der Waals surface area (Å²) in [6, 6.07) is 7.91. The number of amides is 1. The van der Waals surface area contributed by atoms with E-state index in [9.17, 15) is 9.59 Å². The molecule has 3 rings (SSSR count). The fourth-order valence-corrected chi connectivity index (χ4v) is 5.02. The molecule has 1 atom stereocenters. The molecule has 6 nitrogen and oxygen atoms in total. The summed E-state index contributed by atoms with van der Waals surface area (Å²) in [5.74, 6) is -0.141. The van der Waals surface area contributed by atoms with Gasteiger partial charge in [-0.25, -0.2) is 9.78 Å². The molecule has 9 heteroatoms. The van der Waals surface area contributed by atoms with Crippen molar-refractivity contribution in [3.63, 3.8) is 0 Å². The van der Waals surface area contributed by atoms with Gasteiger partial charge in [0.25, 0.3) is 0 Å². The Kier molecular flexibility index (Phi) is 7.12. The van der Waals surface area contributed by atoms with Gasteiger partial charge in [0.05, 0.1) is 0 Å². The summed E-state index contributed by atoms with van der Waals surface area (Å²) in [7, 11) is 0. The number of thioether (sulfide) groups is 1. The van der Waals surface area contributed by atoms with Gasteiger partial charge in [-0.05, 0) is 24.1 Å².